The van der Waals surface area contributed by atoms with Crippen LogP contribution in [0.3, 0.4) is 0 Å². The van der Waals surface area contributed by atoms with Gasteiger partial charge in [-0.1, -0.05) is 0 Å². The van der Waals surface area contributed by atoms with Crippen LogP contribution in [0.4, 0.5) is 0 Å². The highest BCUT2D eigenvalue weighted by Crippen LogP contribution is 2.21. The van der Waals surface area contributed by atoms with Crippen molar-refractivity contribution in [1.82, 2.24) is 4.57 Å². The van der Waals surface area contributed by atoms with Crippen molar-refractivity contribution < 1.29 is 23.5 Å². The fourth-order valence-electron chi connectivity index (χ4n) is 3.27. The minimum atomic E-state index is -0.439. The number of hydrogen-bond acceptors (Lipinski definition) is 6. The van der Waals surface area contributed by atoms with E-state index in [9.17, 15) is 14.4 Å². The van der Waals surface area contributed by atoms with Crippen LogP contribution in [-0.2, 0) is 16.1 Å². The van der Waals surface area contributed by atoms with Crippen LogP contribution in [0.2, 0.25) is 0 Å². The molecule has 29 heavy (non-hydrogen) atoms. The Morgan fingerprint density at radius 2 is 1.86 bits per heavy atom. The molecule has 0 N–H and O–H groups in total. The zero-order valence-electron chi connectivity index (χ0n) is 16.7. The molecule has 3 aromatic rings. The summed E-state index contributed by atoms with van der Waals surface area (Å²) in [6.45, 7) is 4.30. The number of ether oxygens (including phenoxy) is 2. The van der Waals surface area contributed by atoms with Crippen LogP contribution >= 0.6 is 0 Å². The number of aryl methyl sites for hydroxylation is 1. The van der Waals surface area contributed by atoms with E-state index in [4.69, 9.17) is 9.15 Å². The van der Waals surface area contributed by atoms with Crippen molar-refractivity contribution in [3.63, 3.8) is 0 Å². The molecule has 7 heteroatoms. The van der Waals surface area contributed by atoms with Crippen LogP contribution in [0.5, 0.6) is 5.75 Å². The fourth-order valence-corrected chi connectivity index (χ4v) is 3.27. The number of benzene rings is 1. The first-order chi connectivity index (χ1) is 13.9. The summed E-state index contributed by atoms with van der Waals surface area (Å²) in [5.74, 6) is 0.0578. The number of esters is 1. The summed E-state index contributed by atoms with van der Waals surface area (Å²) in [4.78, 5) is 35.3. The quantitative estimate of drug-likeness (QED) is 0.329. The van der Waals surface area contributed by atoms with Crippen molar-refractivity contribution in [1.29, 1.82) is 0 Å². The van der Waals surface area contributed by atoms with E-state index in [1.807, 2.05) is 24.5 Å². The molecule has 0 atom stereocenters. The van der Waals surface area contributed by atoms with E-state index in [1.165, 1.54) is 13.2 Å². The largest absolute Gasteiger partial charge is 0.485 e. The average molecular weight is 397 g/mol. The molecule has 0 unspecified atom stereocenters. The second-order valence-electron chi connectivity index (χ2n) is 6.78. The smallest absolute Gasteiger partial charge is 0.336 e. The standard InChI is InChI=1S/C22H23NO6/c1-14-11-18(15(2)23(14)10-4-5-21(25)27-3)19(24)13-28-17-8-6-16-7-9-22(26)29-20(16)12-17/h6-9,11-12H,4-5,10,13H2,1-3H3. The highest BCUT2D eigenvalue weighted by Gasteiger charge is 2.16. The first-order valence-corrected chi connectivity index (χ1v) is 9.32. The van der Waals surface area contributed by atoms with E-state index in [-0.39, 0.29) is 18.4 Å². The molecule has 2 heterocycles. The minimum absolute atomic E-state index is 0.130. The third kappa shape index (κ3) is 4.74. The molecule has 0 saturated heterocycles. The van der Waals surface area contributed by atoms with Gasteiger partial charge in [0, 0.05) is 47.4 Å². The molecule has 152 valence electrons. The van der Waals surface area contributed by atoms with Gasteiger partial charge >= 0.3 is 11.6 Å². The topological polar surface area (TPSA) is 87.7 Å². The lowest BCUT2D eigenvalue weighted by atomic mass is 10.1. The van der Waals surface area contributed by atoms with Gasteiger partial charge in [0.2, 0.25) is 5.78 Å². The molecule has 0 aliphatic rings. The van der Waals surface area contributed by atoms with Crippen LogP contribution in [0, 0.1) is 13.8 Å². The van der Waals surface area contributed by atoms with Gasteiger partial charge in [-0.2, -0.15) is 0 Å². The Hall–Kier alpha value is -3.35. The second kappa shape index (κ2) is 8.77. The molecule has 2 aromatic heterocycles. The van der Waals surface area contributed by atoms with Gasteiger partial charge in [-0.3, -0.25) is 9.59 Å². The van der Waals surface area contributed by atoms with Crippen molar-refractivity contribution in [2.75, 3.05) is 13.7 Å². The van der Waals surface area contributed by atoms with E-state index in [0.717, 1.165) is 16.8 Å². The van der Waals surface area contributed by atoms with E-state index in [0.29, 0.717) is 36.3 Å². The molecule has 0 aliphatic heterocycles. The lowest BCUT2D eigenvalue weighted by molar-refractivity contribution is -0.140. The van der Waals surface area contributed by atoms with Gasteiger partial charge in [0.25, 0.3) is 0 Å². The lowest BCUT2D eigenvalue weighted by Gasteiger charge is -2.10. The Morgan fingerprint density at radius 1 is 1.10 bits per heavy atom. The van der Waals surface area contributed by atoms with Crippen LogP contribution in [0.15, 0.2) is 45.6 Å². The van der Waals surface area contributed by atoms with Crippen molar-refractivity contribution in [2.45, 2.75) is 33.2 Å². The molecule has 3 rings (SSSR count). The molecule has 0 aliphatic carbocycles. The number of carbonyl (C=O) groups is 2. The predicted octanol–water partition coefficient (Wildman–Crippen LogP) is 3.43. The summed E-state index contributed by atoms with van der Waals surface area (Å²) < 4.78 is 17.4. The SMILES string of the molecule is COC(=O)CCCn1c(C)cc(C(=O)COc2ccc3ccc(=O)oc3c2)c1C. The number of fused-ring (bicyclic) bond motifs is 1. The van der Waals surface area contributed by atoms with Gasteiger partial charge in [0.05, 0.1) is 7.11 Å². The maximum atomic E-state index is 12.7. The Labute approximate surface area is 167 Å². The summed E-state index contributed by atoms with van der Waals surface area (Å²) in [7, 11) is 1.37. The van der Waals surface area contributed by atoms with Crippen molar-refractivity contribution in [2.24, 2.45) is 0 Å². The number of aromatic nitrogens is 1. The molecule has 0 radical (unpaired) electrons. The summed E-state index contributed by atoms with van der Waals surface area (Å²) in [5.41, 5.74) is 2.35. The molecular formula is C22H23NO6. The molecule has 0 fully saturated rings. The summed E-state index contributed by atoms with van der Waals surface area (Å²) in [6, 6.07) is 9.95. The maximum Gasteiger partial charge on any atom is 0.336 e. The van der Waals surface area contributed by atoms with Gasteiger partial charge in [-0.25, -0.2) is 4.79 Å². The predicted molar refractivity (Wildman–Crippen MR) is 107 cm³/mol. The van der Waals surface area contributed by atoms with Crippen molar-refractivity contribution in [3.05, 3.63) is 63.8 Å². The van der Waals surface area contributed by atoms with Crippen LogP contribution in [0.25, 0.3) is 11.0 Å². The molecule has 1 aromatic carbocycles. The zero-order chi connectivity index (χ0) is 21.0. The monoisotopic (exact) mass is 397 g/mol. The number of ketones is 1. The van der Waals surface area contributed by atoms with Gasteiger partial charge in [0.15, 0.2) is 6.61 Å². The van der Waals surface area contributed by atoms with E-state index >= 15 is 0 Å². The molecule has 0 spiro atoms. The third-order valence-electron chi connectivity index (χ3n) is 4.83. The normalized spacial score (nSPS) is 10.9. The number of Topliss-reactive ketones (excluding diaryl/α,β-unsaturated/α-hetero) is 1. The Morgan fingerprint density at radius 3 is 2.62 bits per heavy atom. The minimum Gasteiger partial charge on any atom is -0.485 e. The Kier molecular flexibility index (Phi) is 6.16. The highest BCUT2D eigenvalue weighted by molar-refractivity contribution is 5.98. The first kappa shape index (κ1) is 20.4. The summed E-state index contributed by atoms with van der Waals surface area (Å²) >= 11 is 0. The first-order valence-electron chi connectivity index (χ1n) is 9.32. The fraction of sp³-hybridized carbons (Fsp3) is 0.318. The number of methoxy groups -OCH3 is 1. The van der Waals surface area contributed by atoms with Gasteiger partial charge < -0.3 is 18.5 Å². The number of hydrogen-bond donors (Lipinski definition) is 0. The highest BCUT2D eigenvalue weighted by atomic mass is 16.5. The zero-order valence-corrected chi connectivity index (χ0v) is 16.7. The molecule has 0 saturated carbocycles. The Bertz CT molecular complexity index is 1110. The van der Waals surface area contributed by atoms with Crippen molar-refractivity contribution in [3.8, 4) is 5.75 Å². The summed E-state index contributed by atoms with van der Waals surface area (Å²) in [6.07, 6.45) is 0.966. The lowest BCUT2D eigenvalue weighted by Crippen LogP contribution is -2.13. The average Bonchev–Trinajstić information content (AvgIpc) is 2.99. The van der Waals surface area contributed by atoms with Gasteiger partial charge in [-0.05, 0) is 44.5 Å². The van der Waals surface area contributed by atoms with Crippen LogP contribution < -0.4 is 10.4 Å². The van der Waals surface area contributed by atoms with E-state index in [1.54, 1.807) is 24.3 Å². The van der Waals surface area contributed by atoms with Crippen LogP contribution in [-0.4, -0.2) is 30.0 Å². The number of rotatable bonds is 8. The van der Waals surface area contributed by atoms with E-state index < -0.39 is 5.63 Å². The summed E-state index contributed by atoms with van der Waals surface area (Å²) in [5, 5.41) is 0.777. The van der Waals surface area contributed by atoms with Crippen LogP contribution in [0.1, 0.15) is 34.6 Å². The number of carbonyl (C=O) groups excluding carboxylic acids is 2. The number of nitrogens with zero attached hydrogens (tertiary/aromatic N) is 1. The van der Waals surface area contributed by atoms with Gasteiger partial charge in [-0.15, -0.1) is 0 Å². The third-order valence-corrected chi connectivity index (χ3v) is 4.83. The molecule has 0 bridgehead atoms. The molecular weight excluding hydrogens is 374 g/mol. The van der Waals surface area contributed by atoms with Crippen molar-refractivity contribution >= 4 is 22.7 Å². The molecule has 7 nitrogen and oxygen atoms in total. The molecule has 0 amide bonds. The maximum absolute atomic E-state index is 12.7. The van der Waals surface area contributed by atoms with E-state index in [2.05, 4.69) is 4.74 Å². The Balaban J connectivity index is 1.67. The second-order valence-corrected chi connectivity index (χ2v) is 6.78. The van der Waals surface area contributed by atoms with Gasteiger partial charge in [0.1, 0.15) is 11.3 Å².